The third-order valence-electron chi connectivity index (χ3n) is 3.99. The second-order valence-corrected chi connectivity index (χ2v) is 5.97. The van der Waals surface area contributed by atoms with E-state index in [0.29, 0.717) is 10.5 Å². The molecule has 22 heavy (non-hydrogen) atoms. The first-order chi connectivity index (χ1) is 10.2. The molecule has 0 radical (unpaired) electrons. The van der Waals surface area contributed by atoms with Crippen molar-refractivity contribution in [2.45, 2.75) is 57.9 Å². The fourth-order valence-corrected chi connectivity index (χ4v) is 2.59. The topological polar surface area (TPSA) is 66.9 Å². The van der Waals surface area contributed by atoms with Crippen LogP contribution in [0.15, 0.2) is 15.8 Å². The largest absolute Gasteiger partial charge is 0.406 e. The second-order valence-electron chi connectivity index (χ2n) is 5.97. The van der Waals surface area contributed by atoms with Gasteiger partial charge in [-0.1, -0.05) is 19.3 Å². The summed E-state index contributed by atoms with van der Waals surface area (Å²) in [5.74, 6) is 0.694. The van der Waals surface area contributed by atoms with Gasteiger partial charge in [0, 0.05) is 24.3 Å². The molecule has 1 aliphatic rings. The fraction of sp³-hybridized carbons (Fsp3) is 0.714. The van der Waals surface area contributed by atoms with E-state index in [2.05, 4.69) is 5.32 Å². The van der Waals surface area contributed by atoms with E-state index in [1.165, 1.54) is 19.3 Å². The van der Waals surface area contributed by atoms with Crippen molar-refractivity contribution in [3.63, 3.8) is 0 Å². The smallest absolute Gasteiger partial charge is 0.310 e. The van der Waals surface area contributed by atoms with Crippen molar-refractivity contribution in [3.8, 4) is 0 Å². The monoisotopic (exact) mass is 319 g/mol. The van der Waals surface area contributed by atoms with Crippen molar-refractivity contribution in [1.29, 1.82) is 0 Å². The highest BCUT2D eigenvalue weighted by molar-refractivity contribution is 5.04. The van der Waals surface area contributed by atoms with Crippen LogP contribution < -0.4 is 16.6 Å². The molecule has 2 rings (SSSR count). The average Bonchev–Trinajstić information content (AvgIpc) is 2.34. The van der Waals surface area contributed by atoms with Crippen molar-refractivity contribution >= 4 is 0 Å². The minimum absolute atomic E-state index is 0.129. The first-order valence-corrected chi connectivity index (χ1v) is 7.37. The third-order valence-corrected chi connectivity index (χ3v) is 3.99. The number of halogens is 3. The van der Waals surface area contributed by atoms with E-state index in [1.54, 1.807) is 0 Å². The van der Waals surface area contributed by atoms with Crippen LogP contribution in [0.2, 0.25) is 0 Å². The Bertz CT molecular complexity index is 617. The number of H-pyrrole nitrogens is 1. The van der Waals surface area contributed by atoms with E-state index < -0.39 is 24.0 Å². The van der Waals surface area contributed by atoms with Gasteiger partial charge >= 0.3 is 11.9 Å². The van der Waals surface area contributed by atoms with E-state index in [1.807, 2.05) is 11.9 Å². The maximum absolute atomic E-state index is 12.4. The van der Waals surface area contributed by atoms with Crippen LogP contribution in [0.5, 0.6) is 0 Å². The SMILES string of the molecule is CC(CC1CCC1)NCc1cn(CC(F)(F)F)c(=O)[nH]c1=O. The van der Waals surface area contributed by atoms with Crippen LogP contribution in [-0.4, -0.2) is 21.8 Å². The van der Waals surface area contributed by atoms with Gasteiger partial charge in [0.15, 0.2) is 0 Å². The van der Waals surface area contributed by atoms with Gasteiger partial charge in [0.05, 0.1) is 0 Å². The van der Waals surface area contributed by atoms with Gasteiger partial charge in [-0.2, -0.15) is 13.2 Å². The standard InChI is InChI=1S/C14H20F3N3O2/c1-9(5-10-3-2-4-10)18-6-11-7-20(8-14(15,16)17)13(22)19-12(11)21/h7,9-10,18H,2-6,8H2,1H3,(H,19,21,22). The fourth-order valence-electron chi connectivity index (χ4n) is 2.59. The van der Waals surface area contributed by atoms with E-state index >= 15 is 0 Å². The van der Waals surface area contributed by atoms with Gasteiger partial charge in [-0.3, -0.25) is 14.3 Å². The number of hydrogen-bond acceptors (Lipinski definition) is 3. The van der Waals surface area contributed by atoms with Gasteiger partial charge < -0.3 is 5.32 Å². The summed E-state index contributed by atoms with van der Waals surface area (Å²) >= 11 is 0. The quantitative estimate of drug-likeness (QED) is 0.840. The molecule has 1 unspecified atom stereocenters. The number of aromatic amines is 1. The Kier molecular flexibility index (Phi) is 5.10. The molecular weight excluding hydrogens is 299 g/mol. The molecule has 0 aromatic carbocycles. The van der Waals surface area contributed by atoms with Crippen LogP contribution in [-0.2, 0) is 13.1 Å². The lowest BCUT2D eigenvalue weighted by molar-refractivity contribution is -0.141. The van der Waals surface area contributed by atoms with Crippen molar-refractivity contribution in [2.75, 3.05) is 0 Å². The van der Waals surface area contributed by atoms with Crippen LogP contribution in [0.25, 0.3) is 0 Å². The van der Waals surface area contributed by atoms with Gasteiger partial charge in [0.1, 0.15) is 6.54 Å². The molecule has 1 atom stereocenters. The highest BCUT2D eigenvalue weighted by Crippen LogP contribution is 2.30. The summed E-state index contributed by atoms with van der Waals surface area (Å²) in [6.45, 7) is 0.715. The molecule has 1 fully saturated rings. The van der Waals surface area contributed by atoms with Gasteiger partial charge in [0.25, 0.3) is 5.56 Å². The number of alkyl halides is 3. The van der Waals surface area contributed by atoms with E-state index in [-0.39, 0.29) is 18.2 Å². The van der Waals surface area contributed by atoms with E-state index in [4.69, 9.17) is 0 Å². The molecular formula is C14H20F3N3O2. The molecule has 124 valence electrons. The molecule has 1 aliphatic carbocycles. The molecule has 1 saturated carbocycles. The lowest BCUT2D eigenvalue weighted by Crippen LogP contribution is -2.38. The van der Waals surface area contributed by atoms with Crippen molar-refractivity contribution in [3.05, 3.63) is 32.6 Å². The normalized spacial score (nSPS) is 17.3. The Labute approximate surface area is 125 Å². The van der Waals surface area contributed by atoms with Gasteiger partial charge in [0.2, 0.25) is 0 Å². The molecule has 8 heteroatoms. The van der Waals surface area contributed by atoms with Crippen LogP contribution in [0, 0.1) is 5.92 Å². The van der Waals surface area contributed by atoms with Crippen LogP contribution in [0.1, 0.15) is 38.2 Å². The lowest BCUT2D eigenvalue weighted by Gasteiger charge is -2.28. The Morgan fingerprint density at radius 2 is 2.09 bits per heavy atom. The average molecular weight is 319 g/mol. The molecule has 1 aromatic rings. The van der Waals surface area contributed by atoms with Crippen molar-refractivity contribution in [2.24, 2.45) is 5.92 Å². The minimum Gasteiger partial charge on any atom is -0.310 e. The summed E-state index contributed by atoms with van der Waals surface area (Å²) in [5.41, 5.74) is -1.57. The number of aromatic nitrogens is 2. The zero-order valence-corrected chi connectivity index (χ0v) is 12.4. The number of nitrogens with one attached hydrogen (secondary N) is 2. The van der Waals surface area contributed by atoms with Gasteiger partial charge in [-0.05, 0) is 19.3 Å². The maximum Gasteiger partial charge on any atom is 0.406 e. The zero-order chi connectivity index (χ0) is 16.3. The Hall–Kier alpha value is -1.57. The number of hydrogen-bond donors (Lipinski definition) is 2. The highest BCUT2D eigenvalue weighted by atomic mass is 19.4. The second kappa shape index (κ2) is 6.68. The Morgan fingerprint density at radius 1 is 1.41 bits per heavy atom. The molecule has 0 aliphatic heterocycles. The first-order valence-electron chi connectivity index (χ1n) is 7.37. The number of rotatable bonds is 6. The number of nitrogens with zero attached hydrogens (tertiary/aromatic N) is 1. The summed E-state index contributed by atoms with van der Waals surface area (Å²) in [4.78, 5) is 25.0. The summed E-state index contributed by atoms with van der Waals surface area (Å²) < 4.78 is 37.6. The zero-order valence-electron chi connectivity index (χ0n) is 12.4. The predicted octanol–water partition coefficient (Wildman–Crippen LogP) is 1.77. The lowest BCUT2D eigenvalue weighted by atomic mass is 9.81. The van der Waals surface area contributed by atoms with Crippen molar-refractivity contribution in [1.82, 2.24) is 14.9 Å². The summed E-state index contributed by atoms with van der Waals surface area (Å²) in [7, 11) is 0. The maximum atomic E-state index is 12.4. The first kappa shape index (κ1) is 16.8. The van der Waals surface area contributed by atoms with E-state index in [0.717, 1.165) is 12.6 Å². The molecule has 0 spiro atoms. The Morgan fingerprint density at radius 3 is 2.64 bits per heavy atom. The molecule has 2 N–H and O–H groups in total. The highest BCUT2D eigenvalue weighted by Gasteiger charge is 2.28. The van der Waals surface area contributed by atoms with Gasteiger partial charge in [-0.15, -0.1) is 0 Å². The van der Waals surface area contributed by atoms with Crippen LogP contribution in [0.3, 0.4) is 0 Å². The summed E-state index contributed by atoms with van der Waals surface area (Å²) in [6.07, 6.45) is 1.13. The molecule has 1 aromatic heterocycles. The Balaban J connectivity index is 2.01. The van der Waals surface area contributed by atoms with Crippen LogP contribution >= 0.6 is 0 Å². The molecule has 0 bridgehead atoms. The van der Waals surface area contributed by atoms with Gasteiger partial charge in [-0.25, -0.2) is 4.79 Å². The predicted molar refractivity (Wildman–Crippen MR) is 75.6 cm³/mol. The third kappa shape index (κ3) is 4.72. The molecule has 0 amide bonds. The molecule has 1 heterocycles. The molecule has 0 saturated heterocycles. The minimum atomic E-state index is -4.51. The molecule has 5 nitrogen and oxygen atoms in total. The van der Waals surface area contributed by atoms with Crippen molar-refractivity contribution < 1.29 is 13.2 Å². The van der Waals surface area contributed by atoms with Crippen LogP contribution in [0.4, 0.5) is 13.2 Å². The summed E-state index contributed by atoms with van der Waals surface area (Å²) in [6, 6.07) is 0.174. The van der Waals surface area contributed by atoms with E-state index in [9.17, 15) is 22.8 Å². The summed E-state index contributed by atoms with van der Waals surface area (Å²) in [5, 5.41) is 3.13.